The molecule has 1 aliphatic rings. The van der Waals surface area contributed by atoms with Crippen molar-refractivity contribution in [3.8, 4) is 0 Å². The second-order valence-corrected chi connectivity index (χ2v) is 5.81. The monoisotopic (exact) mass is 376 g/mol. The average Bonchev–Trinajstić information content (AvgIpc) is 2.61. The number of aromatic nitrogens is 1. The second-order valence-electron chi connectivity index (χ2n) is 5.81. The topological polar surface area (TPSA) is 79.7 Å². The largest absolute Gasteiger partial charge is 0.490 e. The SMILES string of the molecule is CCCOC1CCCN(C(=O)Cc2ccncc2)C1.O=C(O)C(F)(F)F. The summed E-state index contributed by atoms with van der Waals surface area (Å²) < 4.78 is 37.5. The van der Waals surface area contributed by atoms with Crippen LogP contribution in [0.4, 0.5) is 13.2 Å². The summed E-state index contributed by atoms with van der Waals surface area (Å²) in [6, 6.07) is 3.79. The fraction of sp³-hybridized carbons (Fsp3) is 0.588. The molecule has 26 heavy (non-hydrogen) atoms. The van der Waals surface area contributed by atoms with Crippen LogP contribution in [-0.2, 0) is 20.7 Å². The molecule has 0 aliphatic carbocycles. The number of nitrogens with zero attached hydrogens (tertiary/aromatic N) is 2. The molecule has 1 unspecified atom stereocenters. The summed E-state index contributed by atoms with van der Waals surface area (Å²) in [6.07, 6.45) is 2.19. The summed E-state index contributed by atoms with van der Waals surface area (Å²) in [5, 5.41) is 7.12. The molecule has 0 spiro atoms. The Morgan fingerprint density at radius 1 is 1.35 bits per heavy atom. The van der Waals surface area contributed by atoms with Crippen molar-refractivity contribution in [2.75, 3.05) is 19.7 Å². The van der Waals surface area contributed by atoms with Gasteiger partial charge in [0.2, 0.25) is 5.91 Å². The van der Waals surface area contributed by atoms with Crippen LogP contribution < -0.4 is 0 Å². The summed E-state index contributed by atoms with van der Waals surface area (Å²) in [7, 11) is 0. The third kappa shape index (κ3) is 8.28. The Labute approximate surface area is 150 Å². The number of hydrogen-bond donors (Lipinski definition) is 1. The number of carbonyl (C=O) groups excluding carboxylic acids is 1. The van der Waals surface area contributed by atoms with Crippen molar-refractivity contribution in [2.45, 2.75) is 44.9 Å². The lowest BCUT2D eigenvalue weighted by Crippen LogP contribution is -2.44. The zero-order valence-electron chi connectivity index (χ0n) is 14.5. The number of alkyl halides is 3. The molecule has 9 heteroatoms. The van der Waals surface area contributed by atoms with Gasteiger partial charge >= 0.3 is 12.1 Å². The number of halogens is 3. The minimum absolute atomic E-state index is 0.191. The van der Waals surface area contributed by atoms with Gasteiger partial charge in [-0.05, 0) is 37.0 Å². The van der Waals surface area contributed by atoms with Crippen LogP contribution in [0.25, 0.3) is 0 Å². The second kappa shape index (κ2) is 10.7. The molecule has 1 amide bonds. The average molecular weight is 376 g/mol. The van der Waals surface area contributed by atoms with E-state index in [-0.39, 0.29) is 12.0 Å². The van der Waals surface area contributed by atoms with E-state index in [9.17, 15) is 18.0 Å². The third-order valence-corrected chi connectivity index (χ3v) is 3.64. The summed E-state index contributed by atoms with van der Waals surface area (Å²) in [5.74, 6) is -2.57. The minimum Gasteiger partial charge on any atom is -0.475 e. The standard InChI is InChI=1S/C15H22N2O2.C2HF3O2/c1-2-10-19-14-4-3-9-17(12-14)15(18)11-13-5-7-16-8-6-13;3-2(4,5)1(6)7/h5-8,14H,2-4,9-12H2,1H3;(H,6,7). The Morgan fingerprint density at radius 3 is 2.50 bits per heavy atom. The van der Waals surface area contributed by atoms with E-state index in [1.807, 2.05) is 17.0 Å². The molecule has 2 heterocycles. The quantitative estimate of drug-likeness (QED) is 0.855. The van der Waals surface area contributed by atoms with Crippen LogP contribution in [0, 0.1) is 0 Å². The van der Waals surface area contributed by atoms with Crippen molar-refractivity contribution in [1.29, 1.82) is 0 Å². The van der Waals surface area contributed by atoms with Gasteiger partial charge in [-0.15, -0.1) is 0 Å². The first-order valence-corrected chi connectivity index (χ1v) is 8.32. The van der Waals surface area contributed by atoms with E-state index >= 15 is 0 Å². The Balaban J connectivity index is 0.000000412. The highest BCUT2D eigenvalue weighted by atomic mass is 19.4. The Bertz CT molecular complexity index is 567. The first kappa shape index (κ1) is 21.9. The van der Waals surface area contributed by atoms with E-state index in [4.69, 9.17) is 14.6 Å². The van der Waals surface area contributed by atoms with Crippen molar-refractivity contribution in [2.24, 2.45) is 0 Å². The van der Waals surface area contributed by atoms with Crippen molar-refractivity contribution >= 4 is 11.9 Å². The van der Waals surface area contributed by atoms with Crippen LogP contribution in [0.3, 0.4) is 0 Å². The highest BCUT2D eigenvalue weighted by molar-refractivity contribution is 5.78. The molecule has 1 N–H and O–H groups in total. The van der Waals surface area contributed by atoms with Crippen LogP contribution in [-0.4, -0.2) is 58.8 Å². The molecule has 0 saturated carbocycles. The molecule has 1 atom stereocenters. The van der Waals surface area contributed by atoms with E-state index in [2.05, 4.69) is 11.9 Å². The summed E-state index contributed by atoms with van der Waals surface area (Å²) in [4.78, 5) is 27.0. The first-order valence-electron chi connectivity index (χ1n) is 8.32. The van der Waals surface area contributed by atoms with Gasteiger partial charge < -0.3 is 14.7 Å². The molecule has 1 aliphatic heterocycles. The van der Waals surface area contributed by atoms with Gasteiger partial charge in [-0.2, -0.15) is 13.2 Å². The number of hydrogen-bond acceptors (Lipinski definition) is 4. The first-order chi connectivity index (χ1) is 12.2. The molecular weight excluding hydrogens is 353 g/mol. The van der Waals surface area contributed by atoms with Crippen LogP contribution in [0.1, 0.15) is 31.7 Å². The molecule has 1 saturated heterocycles. The number of ether oxygens (including phenoxy) is 1. The molecular formula is C17H23F3N2O4. The predicted octanol–water partition coefficient (Wildman–Crippen LogP) is 2.68. The van der Waals surface area contributed by atoms with E-state index in [0.29, 0.717) is 6.42 Å². The Hall–Kier alpha value is -2.16. The molecule has 1 aromatic heterocycles. The maximum Gasteiger partial charge on any atom is 0.490 e. The van der Waals surface area contributed by atoms with Gasteiger partial charge in [0.25, 0.3) is 0 Å². The number of carbonyl (C=O) groups is 2. The molecule has 1 aromatic rings. The fourth-order valence-electron chi connectivity index (χ4n) is 2.37. The van der Waals surface area contributed by atoms with Gasteiger partial charge in [0.15, 0.2) is 0 Å². The van der Waals surface area contributed by atoms with Crippen LogP contribution in [0.15, 0.2) is 24.5 Å². The molecule has 146 valence electrons. The molecule has 6 nitrogen and oxygen atoms in total. The zero-order valence-corrected chi connectivity index (χ0v) is 14.5. The molecule has 0 radical (unpaired) electrons. The molecule has 0 aromatic carbocycles. The lowest BCUT2D eigenvalue weighted by Gasteiger charge is -2.32. The lowest BCUT2D eigenvalue weighted by atomic mass is 10.1. The van der Waals surface area contributed by atoms with Crippen molar-refractivity contribution in [1.82, 2.24) is 9.88 Å². The van der Waals surface area contributed by atoms with Crippen molar-refractivity contribution < 1.29 is 32.6 Å². The maximum absolute atomic E-state index is 12.2. The molecule has 0 bridgehead atoms. The van der Waals surface area contributed by atoms with Gasteiger partial charge in [0.05, 0.1) is 12.5 Å². The predicted molar refractivity (Wildman–Crippen MR) is 87.5 cm³/mol. The van der Waals surface area contributed by atoms with Crippen LogP contribution in [0.5, 0.6) is 0 Å². The van der Waals surface area contributed by atoms with Crippen LogP contribution in [0.2, 0.25) is 0 Å². The number of carboxylic acids is 1. The van der Waals surface area contributed by atoms with Crippen molar-refractivity contribution in [3.63, 3.8) is 0 Å². The third-order valence-electron chi connectivity index (χ3n) is 3.64. The van der Waals surface area contributed by atoms with E-state index in [1.165, 1.54) is 0 Å². The summed E-state index contributed by atoms with van der Waals surface area (Å²) >= 11 is 0. The smallest absolute Gasteiger partial charge is 0.475 e. The van der Waals surface area contributed by atoms with Gasteiger partial charge in [0.1, 0.15) is 0 Å². The Morgan fingerprint density at radius 2 is 1.96 bits per heavy atom. The highest BCUT2D eigenvalue weighted by Gasteiger charge is 2.38. The van der Waals surface area contributed by atoms with E-state index in [1.54, 1.807) is 12.4 Å². The van der Waals surface area contributed by atoms with Crippen molar-refractivity contribution in [3.05, 3.63) is 30.1 Å². The summed E-state index contributed by atoms with van der Waals surface area (Å²) in [6.45, 7) is 4.49. The number of rotatable bonds is 5. The summed E-state index contributed by atoms with van der Waals surface area (Å²) in [5.41, 5.74) is 1.02. The van der Waals surface area contributed by atoms with E-state index < -0.39 is 12.1 Å². The Kier molecular flexibility index (Phi) is 9.04. The fourth-order valence-corrected chi connectivity index (χ4v) is 2.37. The molecule has 2 rings (SSSR count). The number of carboxylic acid groups (broad SMARTS) is 1. The number of piperidine rings is 1. The van der Waals surface area contributed by atoms with Gasteiger partial charge in [-0.3, -0.25) is 9.78 Å². The number of pyridine rings is 1. The number of amides is 1. The van der Waals surface area contributed by atoms with Gasteiger partial charge in [-0.1, -0.05) is 6.92 Å². The van der Waals surface area contributed by atoms with E-state index in [0.717, 1.165) is 44.5 Å². The minimum atomic E-state index is -5.08. The lowest BCUT2D eigenvalue weighted by molar-refractivity contribution is -0.192. The highest BCUT2D eigenvalue weighted by Crippen LogP contribution is 2.15. The van der Waals surface area contributed by atoms with Crippen LogP contribution >= 0.6 is 0 Å². The number of aliphatic carboxylic acids is 1. The zero-order chi connectivity index (χ0) is 19.6. The van der Waals surface area contributed by atoms with Gasteiger partial charge in [0, 0.05) is 32.1 Å². The number of likely N-dealkylation sites (tertiary alicyclic amines) is 1. The molecule has 1 fully saturated rings. The normalized spacial score (nSPS) is 17.2. The van der Waals surface area contributed by atoms with Gasteiger partial charge in [-0.25, -0.2) is 4.79 Å². The maximum atomic E-state index is 12.2.